The number of rotatable bonds is 2. The molecule has 0 saturated heterocycles. The Morgan fingerprint density at radius 3 is 2.48 bits per heavy atom. The summed E-state index contributed by atoms with van der Waals surface area (Å²) in [4.78, 5) is 0. The first-order valence-corrected chi connectivity index (χ1v) is 6.91. The van der Waals surface area contributed by atoms with Crippen molar-refractivity contribution in [3.63, 3.8) is 0 Å². The molecule has 1 N–H and O–H groups in total. The smallest absolute Gasteiger partial charge is 0.388 e. The molecule has 1 saturated carbocycles. The van der Waals surface area contributed by atoms with Gasteiger partial charge >= 0.3 is 6.18 Å². The van der Waals surface area contributed by atoms with Gasteiger partial charge in [-0.25, -0.2) is 8.78 Å². The molecule has 0 aromatic heterocycles. The van der Waals surface area contributed by atoms with Gasteiger partial charge in [0, 0.05) is 0 Å². The zero-order valence-corrected chi connectivity index (χ0v) is 11.6. The molecule has 1 fully saturated rings. The lowest BCUT2D eigenvalue weighted by atomic mass is 9.76. The van der Waals surface area contributed by atoms with E-state index < -0.39 is 41.3 Å². The summed E-state index contributed by atoms with van der Waals surface area (Å²) in [5.74, 6) is -4.09. The van der Waals surface area contributed by atoms with Gasteiger partial charge in [-0.05, 0) is 43.7 Å². The fraction of sp³-hybridized carbons (Fsp3) is 0.600. The largest absolute Gasteiger partial charge is 0.391 e. The second-order valence-electron chi connectivity index (χ2n) is 5.70. The number of hydrogen-bond donors (Lipinski definition) is 1. The second kappa shape index (κ2) is 5.91. The third-order valence-electron chi connectivity index (χ3n) is 4.24. The molecule has 0 bridgehead atoms. The average Bonchev–Trinajstić information content (AvgIpc) is 2.42. The summed E-state index contributed by atoms with van der Waals surface area (Å²) in [7, 11) is 0. The van der Waals surface area contributed by atoms with Crippen LogP contribution in [0.2, 0.25) is 0 Å². The van der Waals surface area contributed by atoms with E-state index in [1.807, 2.05) is 0 Å². The first-order valence-electron chi connectivity index (χ1n) is 6.91. The minimum absolute atomic E-state index is 0.00546. The van der Waals surface area contributed by atoms with E-state index in [9.17, 15) is 27.1 Å². The highest BCUT2D eigenvalue weighted by molar-refractivity contribution is 5.28. The van der Waals surface area contributed by atoms with Crippen LogP contribution in [0.1, 0.15) is 42.9 Å². The van der Waals surface area contributed by atoms with Crippen LogP contribution >= 0.6 is 0 Å². The number of aliphatic hydroxyl groups excluding tert-OH is 1. The second-order valence-corrected chi connectivity index (χ2v) is 5.70. The molecule has 6 heteroatoms. The Bertz CT molecular complexity index is 512. The van der Waals surface area contributed by atoms with Crippen molar-refractivity contribution in [1.82, 2.24) is 0 Å². The van der Waals surface area contributed by atoms with E-state index in [-0.39, 0.29) is 18.4 Å². The van der Waals surface area contributed by atoms with Crippen LogP contribution in [0.4, 0.5) is 22.0 Å². The number of halogens is 5. The van der Waals surface area contributed by atoms with E-state index in [4.69, 9.17) is 0 Å². The Labute approximate surface area is 119 Å². The number of aryl methyl sites for hydroxylation is 1. The van der Waals surface area contributed by atoms with Gasteiger partial charge < -0.3 is 5.11 Å². The molecule has 1 aromatic carbocycles. The van der Waals surface area contributed by atoms with Crippen LogP contribution in [0.3, 0.4) is 0 Å². The molecule has 21 heavy (non-hydrogen) atoms. The predicted molar refractivity (Wildman–Crippen MR) is 67.6 cm³/mol. The van der Waals surface area contributed by atoms with E-state index >= 15 is 0 Å². The lowest BCUT2D eigenvalue weighted by Gasteiger charge is -2.33. The summed E-state index contributed by atoms with van der Waals surface area (Å²) in [6, 6.07) is 2.27. The minimum atomic E-state index is -4.33. The van der Waals surface area contributed by atoms with Gasteiger partial charge in [-0.1, -0.05) is 12.5 Å². The van der Waals surface area contributed by atoms with Crippen molar-refractivity contribution < 1.29 is 27.1 Å². The van der Waals surface area contributed by atoms with Gasteiger partial charge in [0.1, 0.15) is 11.6 Å². The van der Waals surface area contributed by atoms with Crippen molar-refractivity contribution in [3.05, 3.63) is 34.9 Å². The van der Waals surface area contributed by atoms with Crippen LogP contribution in [0.25, 0.3) is 0 Å². The molecule has 1 nitrogen and oxygen atoms in total. The van der Waals surface area contributed by atoms with Crippen LogP contribution in [-0.2, 0) is 0 Å². The summed E-state index contributed by atoms with van der Waals surface area (Å²) in [5.41, 5.74) is -0.351. The molecule has 1 aliphatic carbocycles. The van der Waals surface area contributed by atoms with Crippen molar-refractivity contribution in [3.8, 4) is 0 Å². The van der Waals surface area contributed by atoms with Crippen LogP contribution in [0.15, 0.2) is 12.1 Å². The molecule has 0 spiro atoms. The quantitative estimate of drug-likeness (QED) is 0.787. The molecule has 3 atom stereocenters. The molecule has 1 aliphatic rings. The van der Waals surface area contributed by atoms with Crippen LogP contribution in [-0.4, -0.2) is 11.3 Å². The van der Waals surface area contributed by atoms with Crippen molar-refractivity contribution in [1.29, 1.82) is 0 Å². The van der Waals surface area contributed by atoms with Gasteiger partial charge in [-0.2, -0.15) is 13.2 Å². The molecular formula is C15H17F5O. The van der Waals surface area contributed by atoms with Gasteiger partial charge in [-0.3, -0.25) is 0 Å². The molecular weight excluding hydrogens is 291 g/mol. The summed E-state index contributed by atoms with van der Waals surface area (Å²) in [6.07, 6.45) is -5.54. The highest BCUT2D eigenvalue weighted by atomic mass is 19.4. The highest BCUT2D eigenvalue weighted by Gasteiger charge is 2.44. The fourth-order valence-electron chi connectivity index (χ4n) is 3.00. The standard InChI is InChI=1S/C15H17F5O/c1-8-5-6-11(16)12(13(8)17)14(21)9-3-2-4-10(7-9)15(18,19)20/h5-6,9-10,14,21H,2-4,7H2,1H3. The van der Waals surface area contributed by atoms with E-state index in [2.05, 4.69) is 0 Å². The van der Waals surface area contributed by atoms with Crippen LogP contribution in [0.5, 0.6) is 0 Å². The Kier molecular flexibility index (Phi) is 4.56. The zero-order valence-electron chi connectivity index (χ0n) is 11.6. The first kappa shape index (κ1) is 16.2. The maximum Gasteiger partial charge on any atom is 0.391 e. The molecule has 3 unspecified atom stereocenters. The normalized spacial score (nSPS) is 24.9. The van der Waals surface area contributed by atoms with Crippen LogP contribution < -0.4 is 0 Å². The summed E-state index contributed by atoms with van der Waals surface area (Å²) in [6.45, 7) is 1.42. The van der Waals surface area contributed by atoms with Gasteiger partial charge in [0.15, 0.2) is 0 Å². The SMILES string of the molecule is Cc1ccc(F)c(C(O)C2CCCC(C(F)(F)F)C2)c1F. The summed E-state index contributed by atoms with van der Waals surface area (Å²) < 4.78 is 66.0. The zero-order chi connectivity index (χ0) is 15.8. The van der Waals surface area contributed by atoms with Gasteiger partial charge in [0.2, 0.25) is 0 Å². The van der Waals surface area contributed by atoms with Crippen LogP contribution in [0, 0.1) is 30.4 Å². The maximum atomic E-state index is 14.0. The van der Waals surface area contributed by atoms with Crippen molar-refractivity contribution in [2.75, 3.05) is 0 Å². The molecule has 0 heterocycles. The summed E-state index contributed by atoms with van der Waals surface area (Å²) >= 11 is 0. The number of alkyl halides is 3. The Balaban J connectivity index is 2.24. The highest BCUT2D eigenvalue weighted by Crippen LogP contribution is 2.44. The topological polar surface area (TPSA) is 20.2 Å². The molecule has 0 aliphatic heterocycles. The van der Waals surface area contributed by atoms with Crippen molar-refractivity contribution >= 4 is 0 Å². The van der Waals surface area contributed by atoms with E-state index in [0.29, 0.717) is 12.8 Å². The summed E-state index contributed by atoms with van der Waals surface area (Å²) in [5, 5.41) is 10.2. The molecule has 0 radical (unpaired) electrons. The van der Waals surface area contributed by atoms with Gasteiger partial charge in [0.25, 0.3) is 0 Å². The Hall–Kier alpha value is -1.17. The first-order chi connectivity index (χ1) is 9.71. The molecule has 0 amide bonds. The van der Waals surface area contributed by atoms with Gasteiger partial charge in [0.05, 0.1) is 17.6 Å². The fourth-order valence-corrected chi connectivity index (χ4v) is 3.00. The predicted octanol–water partition coefficient (Wildman–Crippen LogP) is 4.68. The van der Waals surface area contributed by atoms with E-state index in [0.717, 1.165) is 6.07 Å². The molecule has 1 aromatic rings. The molecule has 118 valence electrons. The number of benzene rings is 1. The lowest BCUT2D eigenvalue weighted by Crippen LogP contribution is -2.31. The third-order valence-corrected chi connectivity index (χ3v) is 4.24. The van der Waals surface area contributed by atoms with Crippen molar-refractivity contribution in [2.24, 2.45) is 11.8 Å². The Morgan fingerprint density at radius 2 is 1.86 bits per heavy atom. The van der Waals surface area contributed by atoms with E-state index in [1.54, 1.807) is 0 Å². The van der Waals surface area contributed by atoms with E-state index in [1.165, 1.54) is 13.0 Å². The lowest BCUT2D eigenvalue weighted by molar-refractivity contribution is -0.189. The Morgan fingerprint density at radius 1 is 1.19 bits per heavy atom. The van der Waals surface area contributed by atoms with Crippen molar-refractivity contribution in [2.45, 2.75) is 44.9 Å². The molecule has 2 rings (SSSR count). The third kappa shape index (κ3) is 3.36. The average molecular weight is 308 g/mol. The van der Waals surface area contributed by atoms with Gasteiger partial charge in [-0.15, -0.1) is 0 Å². The number of aliphatic hydroxyl groups is 1. The monoisotopic (exact) mass is 308 g/mol. The minimum Gasteiger partial charge on any atom is -0.388 e. The maximum absolute atomic E-state index is 14.0. The number of hydrogen-bond acceptors (Lipinski definition) is 1.